The maximum absolute atomic E-state index is 4.67. The fourth-order valence-electron chi connectivity index (χ4n) is 1.81. The van der Waals surface area contributed by atoms with Gasteiger partial charge in [-0.15, -0.1) is 11.3 Å². The smallest absolute Gasteiger partial charge is 0.190 e. The average molecular weight is 355 g/mol. The highest BCUT2D eigenvalue weighted by atomic mass is 79.9. The second-order valence-corrected chi connectivity index (χ2v) is 6.71. The van der Waals surface area contributed by atoms with Crippen molar-refractivity contribution in [3.63, 3.8) is 0 Å². The van der Waals surface area contributed by atoms with Gasteiger partial charge in [0.2, 0.25) is 0 Å². The van der Waals surface area contributed by atoms with Crippen molar-refractivity contribution in [2.45, 2.75) is 33.6 Å². The molecule has 2 aromatic heterocycles. The molecule has 0 aromatic carbocycles. The largest absolute Gasteiger partial charge is 0.369 e. The summed E-state index contributed by atoms with van der Waals surface area (Å²) in [6, 6.07) is 0. The number of hydrogen-bond acceptors (Lipinski definition) is 5. The second kappa shape index (κ2) is 7.13. The molecule has 0 fully saturated rings. The van der Waals surface area contributed by atoms with Crippen molar-refractivity contribution in [2.24, 2.45) is 5.92 Å². The van der Waals surface area contributed by atoms with E-state index in [1.54, 1.807) is 17.5 Å². The first-order valence-electron chi connectivity index (χ1n) is 6.82. The lowest BCUT2D eigenvalue weighted by molar-refractivity contribution is 0.632. The van der Waals surface area contributed by atoms with Crippen LogP contribution in [0.3, 0.4) is 0 Å². The van der Waals surface area contributed by atoms with E-state index in [0.29, 0.717) is 11.7 Å². The first-order valence-corrected chi connectivity index (χ1v) is 8.49. The van der Waals surface area contributed by atoms with Gasteiger partial charge in [-0.1, -0.05) is 20.8 Å². The molecule has 2 heterocycles. The van der Waals surface area contributed by atoms with Crippen LogP contribution >= 0.6 is 27.3 Å². The molecule has 0 aliphatic heterocycles. The van der Waals surface area contributed by atoms with E-state index >= 15 is 0 Å². The van der Waals surface area contributed by atoms with Gasteiger partial charge in [0.1, 0.15) is 5.82 Å². The maximum Gasteiger partial charge on any atom is 0.190 e. The average Bonchev–Trinajstić information content (AvgIpc) is 2.93. The number of thiazole rings is 1. The molecule has 6 heteroatoms. The highest BCUT2D eigenvalue weighted by molar-refractivity contribution is 9.10. The monoisotopic (exact) mass is 354 g/mol. The summed E-state index contributed by atoms with van der Waals surface area (Å²) in [6.45, 7) is 7.42. The summed E-state index contributed by atoms with van der Waals surface area (Å²) in [5, 5.41) is 6.17. The molecule has 0 aliphatic rings. The van der Waals surface area contributed by atoms with Crippen LogP contribution in [0.25, 0.3) is 10.8 Å². The highest BCUT2D eigenvalue weighted by Gasteiger charge is 2.15. The lowest BCUT2D eigenvalue weighted by Crippen LogP contribution is -2.09. The quantitative estimate of drug-likeness (QED) is 0.835. The van der Waals surface area contributed by atoms with E-state index in [4.69, 9.17) is 0 Å². The molecular weight excluding hydrogens is 336 g/mol. The molecule has 0 radical (unpaired) electrons. The predicted molar refractivity (Wildman–Crippen MR) is 88.2 cm³/mol. The Hall–Kier alpha value is -1.01. The molecule has 2 aromatic rings. The Morgan fingerprint density at radius 3 is 2.75 bits per heavy atom. The molecule has 0 unspecified atom stereocenters. The molecule has 4 nitrogen and oxygen atoms in total. The number of aromatic nitrogens is 3. The van der Waals surface area contributed by atoms with E-state index in [9.17, 15) is 0 Å². The van der Waals surface area contributed by atoms with Crippen LogP contribution < -0.4 is 5.32 Å². The van der Waals surface area contributed by atoms with Crippen LogP contribution in [0.15, 0.2) is 16.0 Å². The van der Waals surface area contributed by atoms with Crippen LogP contribution in [0.5, 0.6) is 0 Å². The summed E-state index contributed by atoms with van der Waals surface area (Å²) in [4.78, 5) is 13.6. The Kier molecular flexibility index (Phi) is 5.48. The molecule has 108 valence electrons. The van der Waals surface area contributed by atoms with Gasteiger partial charge >= 0.3 is 0 Å². The number of nitrogens with zero attached hydrogens (tertiary/aromatic N) is 3. The van der Waals surface area contributed by atoms with Gasteiger partial charge in [-0.2, -0.15) is 0 Å². The summed E-state index contributed by atoms with van der Waals surface area (Å²) in [5.41, 5.74) is 1.04. The van der Waals surface area contributed by atoms with Crippen molar-refractivity contribution in [2.75, 3.05) is 11.9 Å². The van der Waals surface area contributed by atoms with Crippen LogP contribution in [-0.4, -0.2) is 21.5 Å². The van der Waals surface area contributed by atoms with Gasteiger partial charge in [0.25, 0.3) is 0 Å². The molecule has 2 rings (SSSR count). The third kappa shape index (κ3) is 3.76. The fraction of sp³-hybridized carbons (Fsp3) is 0.500. The van der Waals surface area contributed by atoms with Crippen molar-refractivity contribution >= 4 is 33.1 Å². The Labute approximate surface area is 132 Å². The minimum Gasteiger partial charge on any atom is -0.369 e. The van der Waals surface area contributed by atoms with Crippen LogP contribution in [0, 0.1) is 5.92 Å². The lowest BCUT2D eigenvalue weighted by atomic mass is 10.1. The Morgan fingerprint density at radius 2 is 2.15 bits per heavy atom. The van der Waals surface area contributed by atoms with Gasteiger partial charge in [-0.25, -0.2) is 15.0 Å². The van der Waals surface area contributed by atoms with Gasteiger partial charge in [-0.05, 0) is 34.7 Å². The summed E-state index contributed by atoms with van der Waals surface area (Å²) in [5.74, 6) is 2.12. The maximum atomic E-state index is 4.67. The lowest BCUT2D eigenvalue weighted by Gasteiger charge is -2.13. The van der Waals surface area contributed by atoms with E-state index in [1.807, 2.05) is 5.38 Å². The molecule has 0 amide bonds. The van der Waals surface area contributed by atoms with Gasteiger partial charge in [0.05, 0.1) is 10.2 Å². The number of hydrogen-bond donors (Lipinski definition) is 1. The minimum absolute atomic E-state index is 0.546. The van der Waals surface area contributed by atoms with Gasteiger partial charge in [0.15, 0.2) is 10.8 Å². The third-order valence-corrected chi connectivity index (χ3v) is 4.29. The van der Waals surface area contributed by atoms with Crippen molar-refractivity contribution < 1.29 is 0 Å². The fourth-order valence-corrected chi connectivity index (χ4v) is 2.85. The van der Waals surface area contributed by atoms with Crippen LogP contribution in [0.4, 0.5) is 5.82 Å². The Balaban J connectivity index is 2.42. The van der Waals surface area contributed by atoms with Crippen molar-refractivity contribution in [1.82, 2.24) is 15.0 Å². The molecule has 0 saturated heterocycles. The number of anilines is 1. The van der Waals surface area contributed by atoms with Gasteiger partial charge in [0, 0.05) is 18.1 Å². The molecule has 0 saturated carbocycles. The summed E-state index contributed by atoms with van der Waals surface area (Å²) >= 11 is 5.20. The van der Waals surface area contributed by atoms with E-state index in [0.717, 1.165) is 40.4 Å². The standard InChI is InChI=1S/C14H19BrN4S/c1-4-5-16-12-11(15)10(8-9(2)3)18-13(19-12)14-17-6-7-20-14/h6-7,9H,4-5,8H2,1-3H3,(H,16,18,19). The SMILES string of the molecule is CCCNc1nc(-c2nccs2)nc(CC(C)C)c1Br. The zero-order valence-corrected chi connectivity index (χ0v) is 14.4. The van der Waals surface area contributed by atoms with Gasteiger partial charge in [-0.3, -0.25) is 0 Å². The first-order chi connectivity index (χ1) is 9.61. The van der Waals surface area contributed by atoms with E-state index < -0.39 is 0 Å². The number of nitrogens with one attached hydrogen (secondary N) is 1. The predicted octanol–water partition coefficient (Wildman–Crippen LogP) is 4.38. The summed E-state index contributed by atoms with van der Waals surface area (Å²) < 4.78 is 0.972. The molecule has 0 atom stereocenters. The van der Waals surface area contributed by atoms with E-state index in [2.05, 4.69) is 57.0 Å². The molecule has 0 aliphatic carbocycles. The van der Waals surface area contributed by atoms with Crippen molar-refractivity contribution in [3.05, 3.63) is 21.7 Å². The molecule has 0 bridgehead atoms. The highest BCUT2D eigenvalue weighted by Crippen LogP contribution is 2.29. The summed E-state index contributed by atoms with van der Waals surface area (Å²) in [6.07, 6.45) is 3.76. The molecule has 0 spiro atoms. The van der Waals surface area contributed by atoms with E-state index in [1.165, 1.54) is 0 Å². The van der Waals surface area contributed by atoms with Crippen molar-refractivity contribution in [1.29, 1.82) is 0 Å². The second-order valence-electron chi connectivity index (χ2n) is 5.02. The zero-order valence-electron chi connectivity index (χ0n) is 12.0. The van der Waals surface area contributed by atoms with Crippen molar-refractivity contribution in [3.8, 4) is 10.8 Å². The van der Waals surface area contributed by atoms with Crippen LogP contribution in [0.2, 0.25) is 0 Å². The normalized spacial score (nSPS) is 11.1. The Morgan fingerprint density at radius 1 is 1.35 bits per heavy atom. The van der Waals surface area contributed by atoms with Crippen LogP contribution in [0.1, 0.15) is 32.9 Å². The minimum atomic E-state index is 0.546. The molecule has 20 heavy (non-hydrogen) atoms. The van der Waals surface area contributed by atoms with Crippen LogP contribution in [-0.2, 0) is 6.42 Å². The zero-order chi connectivity index (χ0) is 14.5. The van der Waals surface area contributed by atoms with E-state index in [-0.39, 0.29) is 0 Å². The molecule has 1 N–H and O–H groups in total. The topological polar surface area (TPSA) is 50.7 Å². The Bertz CT molecular complexity index is 555. The number of halogens is 1. The molecular formula is C14H19BrN4S. The number of rotatable bonds is 6. The summed E-state index contributed by atoms with van der Waals surface area (Å²) in [7, 11) is 0. The van der Waals surface area contributed by atoms with Gasteiger partial charge < -0.3 is 5.32 Å². The first kappa shape index (κ1) is 15.4. The third-order valence-electron chi connectivity index (χ3n) is 2.69.